The second-order valence-corrected chi connectivity index (χ2v) is 5.42. The van der Waals surface area contributed by atoms with Crippen LogP contribution in [0.5, 0.6) is 0 Å². The van der Waals surface area contributed by atoms with Crippen molar-refractivity contribution in [3.05, 3.63) is 24.3 Å². The van der Waals surface area contributed by atoms with Crippen LogP contribution >= 0.6 is 0 Å². The summed E-state index contributed by atoms with van der Waals surface area (Å²) in [7, 11) is 0. The predicted octanol–water partition coefficient (Wildman–Crippen LogP) is 6.05. The minimum atomic E-state index is -0.196. The molecule has 0 saturated carbocycles. The second kappa shape index (κ2) is 7.89. The van der Waals surface area contributed by atoms with Crippen LogP contribution in [0, 0.1) is 0 Å². The van der Waals surface area contributed by atoms with Gasteiger partial charge in [0.05, 0.1) is 11.2 Å². The van der Waals surface area contributed by atoms with E-state index < -0.39 is 0 Å². The molecule has 0 spiro atoms. The molecule has 112 valence electrons. The molecule has 0 bridgehead atoms. The van der Waals surface area contributed by atoms with E-state index in [4.69, 9.17) is 4.74 Å². The molecular formula is C18H34O. The molecule has 0 atom stereocenters. The summed E-state index contributed by atoms with van der Waals surface area (Å²) < 4.78 is 6.73. The highest BCUT2D eigenvalue weighted by atomic mass is 16.5. The van der Waals surface area contributed by atoms with E-state index in [-0.39, 0.29) is 11.2 Å². The average Bonchev–Trinajstić information content (AvgIpc) is 2.48. The van der Waals surface area contributed by atoms with E-state index in [1.54, 1.807) is 0 Å². The van der Waals surface area contributed by atoms with E-state index in [1.165, 1.54) is 11.1 Å². The third-order valence-corrected chi connectivity index (χ3v) is 4.82. The van der Waals surface area contributed by atoms with Gasteiger partial charge in [0, 0.05) is 0 Å². The smallest absolute Gasteiger partial charge is 0.0895 e. The Morgan fingerprint density at radius 2 is 0.947 bits per heavy atom. The molecule has 1 nitrogen and oxygen atoms in total. The first-order valence-electron chi connectivity index (χ1n) is 7.98. The Balaban J connectivity index is 5.50. The Morgan fingerprint density at radius 1 is 0.684 bits per heavy atom. The molecule has 0 saturated heterocycles. The molecule has 0 N–H and O–H groups in total. The maximum Gasteiger partial charge on any atom is 0.0895 e. The fourth-order valence-electron chi connectivity index (χ4n) is 2.95. The monoisotopic (exact) mass is 266 g/mol. The van der Waals surface area contributed by atoms with Crippen LogP contribution in [-0.2, 0) is 4.74 Å². The van der Waals surface area contributed by atoms with Gasteiger partial charge in [0.15, 0.2) is 0 Å². The van der Waals surface area contributed by atoms with Crippen molar-refractivity contribution in [1.29, 1.82) is 0 Å². The average molecular weight is 266 g/mol. The summed E-state index contributed by atoms with van der Waals surface area (Å²) in [4.78, 5) is 0. The van der Waals surface area contributed by atoms with Gasteiger partial charge in [-0.1, -0.05) is 54.7 Å². The van der Waals surface area contributed by atoms with Crippen molar-refractivity contribution in [2.24, 2.45) is 0 Å². The first-order chi connectivity index (χ1) is 8.91. The topological polar surface area (TPSA) is 9.23 Å². The van der Waals surface area contributed by atoms with E-state index in [2.05, 4.69) is 54.7 Å². The van der Waals surface area contributed by atoms with Crippen molar-refractivity contribution in [3.8, 4) is 0 Å². The second-order valence-electron chi connectivity index (χ2n) is 5.42. The Morgan fingerprint density at radius 3 is 1.11 bits per heavy atom. The predicted molar refractivity (Wildman–Crippen MR) is 86.6 cm³/mol. The van der Waals surface area contributed by atoms with Gasteiger partial charge in [-0.15, -0.1) is 0 Å². The zero-order valence-corrected chi connectivity index (χ0v) is 14.1. The molecule has 19 heavy (non-hydrogen) atoms. The molecule has 0 aromatic carbocycles. The minimum absolute atomic E-state index is 0.196. The fraction of sp³-hybridized carbons (Fsp3) is 0.778. The molecule has 0 aliphatic heterocycles. The maximum absolute atomic E-state index is 6.73. The number of hydrogen-bond acceptors (Lipinski definition) is 1. The van der Waals surface area contributed by atoms with Crippen LogP contribution < -0.4 is 0 Å². The van der Waals surface area contributed by atoms with Crippen molar-refractivity contribution in [2.75, 3.05) is 0 Å². The number of hydrogen-bond donors (Lipinski definition) is 0. The largest absolute Gasteiger partial charge is 0.360 e. The fourth-order valence-corrected chi connectivity index (χ4v) is 2.95. The van der Waals surface area contributed by atoms with Crippen LogP contribution in [0.1, 0.15) is 80.1 Å². The summed E-state index contributed by atoms with van der Waals surface area (Å²) in [5.41, 5.74) is 2.04. The van der Waals surface area contributed by atoms with Crippen LogP contribution in [-0.4, -0.2) is 11.2 Å². The van der Waals surface area contributed by atoms with Crippen molar-refractivity contribution in [1.82, 2.24) is 0 Å². The van der Waals surface area contributed by atoms with Gasteiger partial charge in [-0.3, -0.25) is 0 Å². The van der Waals surface area contributed by atoms with Crippen molar-refractivity contribution in [3.63, 3.8) is 0 Å². The summed E-state index contributed by atoms with van der Waals surface area (Å²) in [6.45, 7) is 21.7. The molecule has 0 unspecified atom stereocenters. The minimum Gasteiger partial charge on any atom is -0.360 e. The Kier molecular flexibility index (Phi) is 7.66. The molecule has 0 aromatic heterocycles. The molecule has 0 aliphatic rings. The number of ether oxygens (including phenoxy) is 1. The van der Waals surface area contributed by atoms with E-state index in [9.17, 15) is 0 Å². The molecular weight excluding hydrogens is 232 g/mol. The molecule has 0 rings (SSSR count). The van der Waals surface area contributed by atoms with Gasteiger partial charge in [-0.05, 0) is 49.7 Å². The molecule has 0 fully saturated rings. The molecule has 0 aliphatic carbocycles. The van der Waals surface area contributed by atoms with Crippen LogP contribution in [0.2, 0.25) is 0 Å². The Hall–Kier alpha value is -0.560. The Bertz CT molecular complexity index is 263. The first-order valence-corrected chi connectivity index (χ1v) is 7.98. The highest BCUT2D eigenvalue weighted by molar-refractivity contribution is 5.18. The molecule has 1 heteroatoms. The summed E-state index contributed by atoms with van der Waals surface area (Å²) in [6.07, 6.45) is 5.88. The van der Waals surface area contributed by atoms with Gasteiger partial charge in [-0.25, -0.2) is 0 Å². The zero-order chi connectivity index (χ0) is 15.1. The SMILES string of the molecule is C=C(CC)C(CC)(CC)OC(CC)(CC)C(=C)CC. The summed E-state index contributed by atoms with van der Waals surface area (Å²) in [5, 5.41) is 0. The number of rotatable bonds is 10. The highest BCUT2D eigenvalue weighted by Gasteiger charge is 2.40. The lowest BCUT2D eigenvalue weighted by Gasteiger charge is -2.45. The quantitative estimate of drug-likeness (QED) is 0.437. The van der Waals surface area contributed by atoms with Crippen LogP contribution in [0.15, 0.2) is 24.3 Å². The van der Waals surface area contributed by atoms with Gasteiger partial charge >= 0.3 is 0 Å². The zero-order valence-electron chi connectivity index (χ0n) is 14.1. The maximum atomic E-state index is 6.73. The Labute approximate surface area is 121 Å². The molecule has 0 radical (unpaired) electrons. The first kappa shape index (κ1) is 18.4. The van der Waals surface area contributed by atoms with Crippen molar-refractivity contribution >= 4 is 0 Å². The van der Waals surface area contributed by atoms with Gasteiger partial charge in [0.25, 0.3) is 0 Å². The highest BCUT2D eigenvalue weighted by Crippen LogP contribution is 2.41. The summed E-state index contributed by atoms with van der Waals surface area (Å²) in [5.74, 6) is 0. The molecule has 0 amide bonds. The van der Waals surface area contributed by atoms with Gasteiger partial charge < -0.3 is 4.74 Å². The third-order valence-electron chi connectivity index (χ3n) is 4.82. The van der Waals surface area contributed by atoms with E-state index in [0.717, 1.165) is 38.5 Å². The van der Waals surface area contributed by atoms with Crippen molar-refractivity contribution < 1.29 is 4.74 Å². The van der Waals surface area contributed by atoms with Crippen molar-refractivity contribution in [2.45, 2.75) is 91.3 Å². The van der Waals surface area contributed by atoms with E-state index in [1.807, 2.05) is 0 Å². The molecule has 0 heterocycles. The van der Waals surface area contributed by atoms with Gasteiger partial charge in [0.2, 0.25) is 0 Å². The summed E-state index contributed by atoms with van der Waals surface area (Å²) in [6, 6.07) is 0. The standard InChI is InChI=1S/C18H34O/c1-9-15(7)17(11-3,12-4)19-18(13-5,14-6)16(8)10-2/h7-14H2,1-6H3. The van der Waals surface area contributed by atoms with Gasteiger partial charge in [-0.2, -0.15) is 0 Å². The lowest BCUT2D eigenvalue weighted by molar-refractivity contribution is -0.128. The van der Waals surface area contributed by atoms with E-state index in [0.29, 0.717) is 0 Å². The van der Waals surface area contributed by atoms with Crippen LogP contribution in [0.3, 0.4) is 0 Å². The summed E-state index contributed by atoms with van der Waals surface area (Å²) >= 11 is 0. The van der Waals surface area contributed by atoms with E-state index >= 15 is 0 Å². The lowest BCUT2D eigenvalue weighted by atomic mass is 9.82. The normalized spacial score (nSPS) is 12.5. The van der Waals surface area contributed by atoms with Crippen LogP contribution in [0.25, 0.3) is 0 Å². The molecule has 0 aromatic rings. The third kappa shape index (κ3) is 3.72. The van der Waals surface area contributed by atoms with Crippen LogP contribution in [0.4, 0.5) is 0 Å². The van der Waals surface area contributed by atoms with Gasteiger partial charge in [0.1, 0.15) is 0 Å². The lowest BCUT2D eigenvalue weighted by Crippen LogP contribution is -2.45.